The van der Waals surface area contributed by atoms with Gasteiger partial charge in [-0.3, -0.25) is 0 Å². The molecule has 0 aliphatic carbocycles. The van der Waals surface area contributed by atoms with Gasteiger partial charge in [0.05, 0.1) is 11.4 Å². The Labute approximate surface area is 215 Å². The molecule has 5 rings (SSSR count). The third kappa shape index (κ3) is 5.73. The van der Waals surface area contributed by atoms with E-state index in [1.807, 2.05) is 100 Å². The van der Waals surface area contributed by atoms with Crippen LogP contribution in [0.2, 0.25) is 0 Å². The average molecular weight is 487 g/mol. The second-order valence-corrected chi connectivity index (χ2v) is 8.95. The molecule has 0 spiro atoms. The molecule has 37 heavy (non-hydrogen) atoms. The molecule has 0 saturated carbocycles. The lowest BCUT2D eigenvalue weighted by atomic mass is 10.1. The Balaban J connectivity index is 1.32. The summed E-state index contributed by atoms with van der Waals surface area (Å²) in [7, 11) is 0. The van der Waals surface area contributed by atoms with Crippen molar-refractivity contribution in [3.05, 3.63) is 107 Å². The molecular formula is C30H26N6O. The molecule has 0 aliphatic heterocycles. The number of rotatable bonds is 6. The van der Waals surface area contributed by atoms with Gasteiger partial charge in [0.1, 0.15) is 11.5 Å². The van der Waals surface area contributed by atoms with Crippen molar-refractivity contribution in [1.82, 2.24) is 9.97 Å². The number of hydrogen-bond donors (Lipinski definition) is 0. The molecule has 7 heteroatoms. The molecule has 0 unspecified atom stereocenters. The molecule has 0 radical (unpaired) electrons. The third-order valence-corrected chi connectivity index (χ3v) is 5.88. The van der Waals surface area contributed by atoms with Crippen molar-refractivity contribution in [2.24, 2.45) is 20.5 Å². The van der Waals surface area contributed by atoms with Gasteiger partial charge in [-0.1, -0.05) is 12.1 Å². The van der Waals surface area contributed by atoms with E-state index in [2.05, 4.69) is 30.4 Å². The van der Waals surface area contributed by atoms with Crippen molar-refractivity contribution in [2.75, 3.05) is 0 Å². The second kappa shape index (κ2) is 10.5. The first kappa shape index (κ1) is 23.9. The topological polar surface area (TPSA) is 88.4 Å². The SMILES string of the molecule is Cc1ccc(N=Nc2ccc(-c3ccc(-c4ccc(N=Nc5ccc(C)cn5)cc4C)o3)c(C)c2)nc1. The first-order valence-electron chi connectivity index (χ1n) is 12.0. The summed E-state index contributed by atoms with van der Waals surface area (Å²) in [6, 6.07) is 23.5. The summed E-state index contributed by atoms with van der Waals surface area (Å²) < 4.78 is 6.25. The Hall–Kier alpha value is -4.78. The number of benzene rings is 2. The second-order valence-electron chi connectivity index (χ2n) is 8.95. The van der Waals surface area contributed by atoms with Crippen LogP contribution in [0.4, 0.5) is 23.0 Å². The lowest BCUT2D eigenvalue weighted by Gasteiger charge is -2.05. The molecule has 2 aromatic carbocycles. The number of aryl methyl sites for hydroxylation is 4. The number of furan rings is 1. The minimum Gasteiger partial charge on any atom is -0.456 e. The molecule has 0 saturated heterocycles. The van der Waals surface area contributed by atoms with Gasteiger partial charge in [-0.2, -0.15) is 0 Å². The Morgan fingerprint density at radius 2 is 0.973 bits per heavy atom. The van der Waals surface area contributed by atoms with E-state index in [1.165, 1.54) is 0 Å². The molecule has 0 amide bonds. The number of pyridine rings is 2. The van der Waals surface area contributed by atoms with Crippen molar-refractivity contribution in [2.45, 2.75) is 27.7 Å². The van der Waals surface area contributed by atoms with Gasteiger partial charge in [-0.25, -0.2) is 9.97 Å². The minimum atomic E-state index is 0.581. The van der Waals surface area contributed by atoms with Crippen LogP contribution in [0.15, 0.2) is 110 Å². The summed E-state index contributed by atoms with van der Waals surface area (Å²) in [6.07, 6.45) is 3.55. The number of nitrogens with zero attached hydrogens (tertiary/aromatic N) is 6. The van der Waals surface area contributed by atoms with Crippen molar-refractivity contribution < 1.29 is 4.42 Å². The zero-order valence-electron chi connectivity index (χ0n) is 21.2. The van der Waals surface area contributed by atoms with Crippen molar-refractivity contribution in [3.63, 3.8) is 0 Å². The fraction of sp³-hybridized carbons (Fsp3) is 0.133. The van der Waals surface area contributed by atoms with E-state index in [1.54, 1.807) is 12.4 Å². The van der Waals surface area contributed by atoms with Crippen molar-refractivity contribution >= 4 is 23.0 Å². The highest BCUT2D eigenvalue weighted by atomic mass is 16.3. The summed E-state index contributed by atoms with van der Waals surface area (Å²) in [4.78, 5) is 8.53. The summed E-state index contributed by atoms with van der Waals surface area (Å²) in [5.74, 6) is 2.75. The van der Waals surface area contributed by atoms with E-state index < -0.39 is 0 Å². The first-order valence-corrected chi connectivity index (χ1v) is 12.0. The monoisotopic (exact) mass is 486 g/mol. The lowest BCUT2D eigenvalue weighted by Crippen LogP contribution is -1.82. The lowest BCUT2D eigenvalue weighted by molar-refractivity contribution is 0.596. The zero-order valence-corrected chi connectivity index (χ0v) is 21.2. The van der Waals surface area contributed by atoms with Crippen LogP contribution >= 0.6 is 0 Å². The van der Waals surface area contributed by atoms with E-state index in [-0.39, 0.29) is 0 Å². The maximum Gasteiger partial charge on any atom is 0.174 e. The first-order chi connectivity index (χ1) is 17.9. The van der Waals surface area contributed by atoms with Crippen LogP contribution in [0.5, 0.6) is 0 Å². The summed E-state index contributed by atoms with van der Waals surface area (Å²) in [6.45, 7) is 8.05. The molecule has 0 fully saturated rings. The van der Waals surface area contributed by atoms with Crippen LogP contribution in [0.25, 0.3) is 22.6 Å². The van der Waals surface area contributed by atoms with Crippen LogP contribution in [-0.4, -0.2) is 9.97 Å². The number of azo groups is 2. The van der Waals surface area contributed by atoms with Gasteiger partial charge in [0, 0.05) is 23.5 Å². The van der Waals surface area contributed by atoms with Gasteiger partial charge in [0.15, 0.2) is 11.6 Å². The molecule has 3 heterocycles. The van der Waals surface area contributed by atoms with Crippen molar-refractivity contribution in [1.29, 1.82) is 0 Å². The van der Waals surface area contributed by atoms with Gasteiger partial charge >= 0.3 is 0 Å². The summed E-state index contributed by atoms with van der Waals surface area (Å²) >= 11 is 0. The molecular weight excluding hydrogens is 460 g/mol. The highest BCUT2D eigenvalue weighted by molar-refractivity contribution is 5.71. The Morgan fingerprint density at radius 1 is 0.514 bits per heavy atom. The fourth-order valence-electron chi connectivity index (χ4n) is 3.86. The van der Waals surface area contributed by atoms with Gasteiger partial charge in [0.2, 0.25) is 0 Å². The van der Waals surface area contributed by atoms with E-state index in [0.29, 0.717) is 11.6 Å². The summed E-state index contributed by atoms with van der Waals surface area (Å²) in [5.41, 5.74) is 7.81. The zero-order chi connectivity index (χ0) is 25.8. The Kier molecular flexibility index (Phi) is 6.76. The quantitative estimate of drug-likeness (QED) is 0.224. The predicted molar refractivity (Wildman–Crippen MR) is 145 cm³/mol. The van der Waals surface area contributed by atoms with Gasteiger partial charge in [-0.15, -0.1) is 20.5 Å². The standard InChI is InChI=1S/C30H26N6O/c1-19-5-13-29(31-17-19)35-33-23-7-9-25(21(3)15-23)27-11-12-28(37-27)26-10-8-24(16-22(26)4)34-36-30-14-6-20(2)18-32-30/h5-18H,1-4H3. The smallest absolute Gasteiger partial charge is 0.174 e. The highest BCUT2D eigenvalue weighted by Crippen LogP contribution is 2.34. The molecule has 182 valence electrons. The van der Waals surface area contributed by atoms with Crippen LogP contribution in [0.1, 0.15) is 22.3 Å². The maximum absolute atomic E-state index is 6.25. The molecule has 3 aromatic heterocycles. The Bertz CT molecular complexity index is 1480. The van der Waals surface area contributed by atoms with Crippen LogP contribution in [0.3, 0.4) is 0 Å². The van der Waals surface area contributed by atoms with Gasteiger partial charge in [0.25, 0.3) is 0 Å². The molecule has 0 atom stereocenters. The molecule has 0 N–H and O–H groups in total. The fourth-order valence-corrected chi connectivity index (χ4v) is 3.86. The largest absolute Gasteiger partial charge is 0.456 e. The van der Waals surface area contributed by atoms with Gasteiger partial charge < -0.3 is 4.42 Å². The number of hydrogen-bond acceptors (Lipinski definition) is 7. The molecule has 7 nitrogen and oxygen atoms in total. The van der Waals surface area contributed by atoms with Gasteiger partial charge in [-0.05, 0) is 111 Å². The molecule has 0 bridgehead atoms. The third-order valence-electron chi connectivity index (χ3n) is 5.88. The number of aromatic nitrogens is 2. The van der Waals surface area contributed by atoms with Crippen LogP contribution < -0.4 is 0 Å². The average Bonchev–Trinajstić information content (AvgIpc) is 3.38. The molecule has 5 aromatic rings. The van der Waals surface area contributed by atoms with Crippen molar-refractivity contribution in [3.8, 4) is 22.6 Å². The van der Waals surface area contributed by atoms with Crippen LogP contribution in [0, 0.1) is 27.7 Å². The van der Waals surface area contributed by atoms with E-state index in [0.717, 1.165) is 56.3 Å². The van der Waals surface area contributed by atoms with E-state index in [9.17, 15) is 0 Å². The van der Waals surface area contributed by atoms with E-state index >= 15 is 0 Å². The maximum atomic E-state index is 6.25. The highest BCUT2D eigenvalue weighted by Gasteiger charge is 2.12. The summed E-state index contributed by atoms with van der Waals surface area (Å²) in [5, 5.41) is 17.1. The predicted octanol–water partition coefficient (Wildman–Crippen LogP) is 9.47. The molecule has 0 aliphatic rings. The van der Waals surface area contributed by atoms with Crippen LogP contribution in [-0.2, 0) is 0 Å². The minimum absolute atomic E-state index is 0.581. The van der Waals surface area contributed by atoms with E-state index in [4.69, 9.17) is 4.42 Å². The normalized spacial score (nSPS) is 11.6. The Morgan fingerprint density at radius 3 is 1.35 bits per heavy atom.